The Kier molecular flexibility index (Phi) is 3.80. The number of aryl methyl sites for hydroxylation is 1. The number of nitrogens with two attached hydrogens (primary N) is 1. The molecule has 0 saturated heterocycles. The summed E-state index contributed by atoms with van der Waals surface area (Å²) < 4.78 is 1.76. The van der Waals surface area contributed by atoms with Crippen LogP contribution < -0.4 is 16.4 Å². The first-order chi connectivity index (χ1) is 12.0. The van der Waals surface area contributed by atoms with Gasteiger partial charge in [-0.2, -0.15) is 15.1 Å². The third-order valence-corrected chi connectivity index (χ3v) is 4.72. The highest BCUT2D eigenvalue weighted by Crippen LogP contribution is 2.39. The summed E-state index contributed by atoms with van der Waals surface area (Å²) in [7, 11) is 1.89. The zero-order valence-corrected chi connectivity index (χ0v) is 14.5. The molecule has 0 amide bonds. The van der Waals surface area contributed by atoms with Crippen LogP contribution in [0.25, 0.3) is 11.0 Å². The Balaban J connectivity index is 1.57. The fourth-order valence-corrected chi connectivity index (χ4v) is 2.81. The molecule has 1 aliphatic carbocycles. The van der Waals surface area contributed by atoms with E-state index in [1.54, 1.807) is 4.68 Å². The number of hydrogen-bond donors (Lipinski definition) is 3. The smallest absolute Gasteiger partial charge is 0.226 e. The van der Waals surface area contributed by atoms with E-state index in [-0.39, 0.29) is 11.6 Å². The van der Waals surface area contributed by atoms with Crippen molar-refractivity contribution in [1.29, 1.82) is 0 Å². The molecule has 0 radical (unpaired) electrons. The first kappa shape index (κ1) is 15.8. The lowest BCUT2D eigenvalue weighted by Gasteiger charge is -2.16. The fourth-order valence-electron chi connectivity index (χ4n) is 2.81. The van der Waals surface area contributed by atoms with Gasteiger partial charge >= 0.3 is 0 Å². The zero-order chi connectivity index (χ0) is 17.4. The Morgan fingerprint density at radius 3 is 2.72 bits per heavy atom. The lowest BCUT2D eigenvalue weighted by molar-refractivity contribution is 0.755. The van der Waals surface area contributed by atoms with Gasteiger partial charge in [0.1, 0.15) is 5.82 Å². The van der Waals surface area contributed by atoms with E-state index in [9.17, 15) is 0 Å². The topological polar surface area (TPSA) is 93.7 Å². The van der Waals surface area contributed by atoms with Crippen LogP contribution in [-0.4, -0.2) is 31.8 Å². The minimum absolute atomic E-state index is 0.121. The highest BCUT2D eigenvalue weighted by atomic mass is 15.3. The van der Waals surface area contributed by atoms with E-state index in [1.807, 2.05) is 43.6 Å². The van der Waals surface area contributed by atoms with Gasteiger partial charge in [0, 0.05) is 25.2 Å². The molecule has 0 unspecified atom stereocenters. The number of hydrogen-bond acceptors (Lipinski definition) is 6. The summed E-state index contributed by atoms with van der Waals surface area (Å²) in [5.74, 6) is 1.39. The van der Waals surface area contributed by atoms with Crippen molar-refractivity contribution in [2.24, 2.45) is 12.8 Å². The molecular weight excluding hydrogens is 314 g/mol. The van der Waals surface area contributed by atoms with Crippen molar-refractivity contribution >= 4 is 22.8 Å². The number of fused-ring (bicyclic) bond motifs is 1. The third kappa shape index (κ3) is 3.28. The lowest BCUT2D eigenvalue weighted by Crippen LogP contribution is -2.22. The molecule has 1 aromatic carbocycles. The standard InChI is InChI=1S/C18H23N7/c1-18(8-9-18)24-15-13-10-21-25(2)16(13)23-17(22-15)20-11-14(19)12-6-4-3-5-7-12/h3-7,10,14H,8-9,11,19H2,1-2H3,(H2,20,22,23,24)/t14-/m0/s1. The van der Waals surface area contributed by atoms with E-state index in [2.05, 4.69) is 32.6 Å². The molecule has 130 valence electrons. The van der Waals surface area contributed by atoms with Gasteiger partial charge < -0.3 is 16.4 Å². The van der Waals surface area contributed by atoms with Crippen LogP contribution in [0.1, 0.15) is 31.4 Å². The van der Waals surface area contributed by atoms with Crippen LogP contribution in [0.4, 0.5) is 11.8 Å². The normalized spacial score (nSPS) is 16.6. The largest absolute Gasteiger partial charge is 0.364 e. The van der Waals surface area contributed by atoms with Crippen molar-refractivity contribution in [3.63, 3.8) is 0 Å². The molecule has 25 heavy (non-hydrogen) atoms. The molecule has 1 saturated carbocycles. The van der Waals surface area contributed by atoms with Gasteiger partial charge in [-0.3, -0.25) is 4.68 Å². The van der Waals surface area contributed by atoms with Crippen molar-refractivity contribution in [1.82, 2.24) is 19.7 Å². The molecule has 4 rings (SSSR count). The van der Waals surface area contributed by atoms with E-state index in [4.69, 9.17) is 5.73 Å². The first-order valence-corrected chi connectivity index (χ1v) is 8.56. The average molecular weight is 337 g/mol. The molecule has 2 heterocycles. The summed E-state index contributed by atoms with van der Waals surface area (Å²) in [5.41, 5.74) is 8.28. The minimum atomic E-state index is -0.121. The van der Waals surface area contributed by atoms with Crippen LogP contribution in [0.15, 0.2) is 36.5 Å². The number of benzene rings is 1. The van der Waals surface area contributed by atoms with Gasteiger partial charge in [-0.25, -0.2) is 0 Å². The van der Waals surface area contributed by atoms with Gasteiger partial charge in [0.25, 0.3) is 0 Å². The molecule has 2 aromatic heterocycles. The fraction of sp³-hybridized carbons (Fsp3) is 0.389. The van der Waals surface area contributed by atoms with Crippen molar-refractivity contribution in [3.8, 4) is 0 Å². The summed E-state index contributed by atoms with van der Waals surface area (Å²) in [6.07, 6.45) is 4.11. The maximum Gasteiger partial charge on any atom is 0.226 e. The van der Waals surface area contributed by atoms with E-state index >= 15 is 0 Å². The molecule has 0 aliphatic heterocycles. The van der Waals surface area contributed by atoms with Gasteiger partial charge in [0.2, 0.25) is 5.95 Å². The molecule has 0 bridgehead atoms. The van der Waals surface area contributed by atoms with Crippen LogP contribution in [-0.2, 0) is 7.05 Å². The summed E-state index contributed by atoms with van der Waals surface area (Å²) in [5, 5.41) is 12.1. The quantitative estimate of drug-likeness (QED) is 0.640. The second-order valence-electron chi connectivity index (χ2n) is 6.99. The molecule has 4 N–H and O–H groups in total. The van der Waals surface area contributed by atoms with Crippen LogP contribution >= 0.6 is 0 Å². The number of nitrogens with one attached hydrogen (secondary N) is 2. The summed E-state index contributed by atoms with van der Waals surface area (Å²) in [6.45, 7) is 2.76. The van der Waals surface area contributed by atoms with Crippen LogP contribution in [0.2, 0.25) is 0 Å². The molecule has 7 heteroatoms. The molecule has 3 aromatic rings. The number of anilines is 2. The summed E-state index contributed by atoms with van der Waals surface area (Å²) in [4.78, 5) is 9.26. The van der Waals surface area contributed by atoms with Crippen LogP contribution in [0.3, 0.4) is 0 Å². The van der Waals surface area contributed by atoms with E-state index in [1.165, 1.54) is 0 Å². The average Bonchev–Trinajstić information content (AvgIpc) is 3.23. The van der Waals surface area contributed by atoms with Gasteiger partial charge in [-0.05, 0) is 25.3 Å². The van der Waals surface area contributed by atoms with Crippen molar-refractivity contribution in [2.75, 3.05) is 17.2 Å². The Morgan fingerprint density at radius 2 is 2.00 bits per heavy atom. The Bertz CT molecular complexity index is 883. The highest BCUT2D eigenvalue weighted by Gasteiger charge is 2.38. The SMILES string of the molecule is Cn1ncc2c(NC3(C)CC3)nc(NC[C@H](N)c3ccccc3)nc21. The molecule has 7 nitrogen and oxygen atoms in total. The zero-order valence-electron chi connectivity index (χ0n) is 14.5. The Morgan fingerprint density at radius 1 is 1.24 bits per heavy atom. The van der Waals surface area contributed by atoms with Gasteiger partial charge in [0.15, 0.2) is 5.65 Å². The van der Waals surface area contributed by atoms with E-state index in [0.29, 0.717) is 12.5 Å². The van der Waals surface area contributed by atoms with Crippen molar-refractivity contribution in [2.45, 2.75) is 31.3 Å². The second-order valence-corrected chi connectivity index (χ2v) is 6.99. The molecular formula is C18H23N7. The molecule has 1 fully saturated rings. The van der Waals surface area contributed by atoms with Crippen LogP contribution in [0.5, 0.6) is 0 Å². The maximum absolute atomic E-state index is 6.26. The van der Waals surface area contributed by atoms with Gasteiger partial charge in [-0.15, -0.1) is 0 Å². The predicted molar refractivity (Wildman–Crippen MR) is 99.4 cm³/mol. The van der Waals surface area contributed by atoms with E-state index in [0.717, 1.165) is 35.3 Å². The number of aromatic nitrogens is 4. The molecule has 1 atom stereocenters. The van der Waals surface area contributed by atoms with Gasteiger partial charge in [-0.1, -0.05) is 30.3 Å². The summed E-state index contributed by atoms with van der Waals surface area (Å²) >= 11 is 0. The predicted octanol–water partition coefficient (Wildman–Crippen LogP) is 2.44. The Hall–Kier alpha value is -2.67. The summed E-state index contributed by atoms with van der Waals surface area (Å²) in [6, 6.07) is 9.90. The second kappa shape index (κ2) is 6.00. The molecule has 1 aliphatic rings. The highest BCUT2D eigenvalue weighted by molar-refractivity contribution is 5.87. The minimum Gasteiger partial charge on any atom is -0.364 e. The number of rotatable bonds is 6. The van der Waals surface area contributed by atoms with Crippen molar-refractivity contribution < 1.29 is 0 Å². The van der Waals surface area contributed by atoms with E-state index < -0.39 is 0 Å². The van der Waals surface area contributed by atoms with Crippen molar-refractivity contribution in [3.05, 3.63) is 42.1 Å². The van der Waals surface area contributed by atoms with Crippen LogP contribution in [0, 0.1) is 0 Å². The maximum atomic E-state index is 6.26. The number of nitrogens with zero attached hydrogens (tertiary/aromatic N) is 4. The molecule has 0 spiro atoms. The monoisotopic (exact) mass is 337 g/mol. The van der Waals surface area contributed by atoms with Gasteiger partial charge in [0.05, 0.1) is 11.6 Å². The first-order valence-electron chi connectivity index (χ1n) is 8.56. The lowest BCUT2D eigenvalue weighted by atomic mass is 10.1. The third-order valence-electron chi connectivity index (χ3n) is 4.72. The Labute approximate surface area is 146 Å².